The number of benzene rings is 1. The molecule has 0 radical (unpaired) electrons. The smallest absolute Gasteiger partial charge is 0.253 e. The van der Waals surface area contributed by atoms with Gasteiger partial charge in [-0.1, -0.05) is 19.1 Å². The minimum atomic E-state index is -0.430. The van der Waals surface area contributed by atoms with Crippen molar-refractivity contribution in [1.29, 1.82) is 0 Å². The number of anilines is 1. The summed E-state index contributed by atoms with van der Waals surface area (Å²) in [5, 5.41) is 15.7. The van der Waals surface area contributed by atoms with Gasteiger partial charge in [0.25, 0.3) is 6.35 Å². The monoisotopic (exact) mass is 503 g/mol. The van der Waals surface area contributed by atoms with Crippen molar-refractivity contribution in [3.8, 4) is 0 Å². The highest BCUT2D eigenvalue weighted by Crippen LogP contribution is 2.34. The molecule has 1 aromatic carbocycles. The maximum atomic E-state index is 11.2. The van der Waals surface area contributed by atoms with Gasteiger partial charge in [-0.3, -0.25) is 9.38 Å². The number of piperazine rings is 1. The number of aliphatic hydroxyl groups is 1. The van der Waals surface area contributed by atoms with Crippen LogP contribution in [0, 0.1) is 5.92 Å². The molecule has 7 nitrogen and oxygen atoms in total. The van der Waals surface area contributed by atoms with Crippen LogP contribution < -0.4 is 10.2 Å². The fraction of sp³-hybridized carbons (Fsp3) is 0.741. The van der Waals surface area contributed by atoms with E-state index in [2.05, 4.69) is 65.3 Å². The van der Waals surface area contributed by atoms with Crippen LogP contribution in [0.4, 0.5) is 5.82 Å². The molecule has 196 valence electrons. The van der Waals surface area contributed by atoms with E-state index in [0.717, 1.165) is 51.7 Å². The van der Waals surface area contributed by atoms with Crippen LogP contribution in [0.3, 0.4) is 0 Å². The van der Waals surface area contributed by atoms with E-state index in [1.807, 2.05) is 7.05 Å². The fourth-order valence-corrected chi connectivity index (χ4v) is 6.85. The number of quaternary nitrogens is 1. The van der Waals surface area contributed by atoms with Crippen LogP contribution in [0.1, 0.15) is 39.0 Å². The lowest BCUT2D eigenvalue weighted by Gasteiger charge is -2.47. The van der Waals surface area contributed by atoms with Crippen molar-refractivity contribution in [2.24, 2.45) is 5.92 Å². The molecule has 4 rings (SSSR count). The Bertz CT molecular complexity index is 904. The Labute approximate surface area is 216 Å². The molecule has 1 aliphatic carbocycles. The second-order valence-electron chi connectivity index (χ2n) is 11.0. The molecule has 8 heteroatoms. The van der Waals surface area contributed by atoms with Crippen LogP contribution in [0.15, 0.2) is 24.3 Å². The zero-order chi connectivity index (χ0) is 24.8. The highest BCUT2D eigenvalue weighted by molar-refractivity contribution is 7.13. The SMILES string of the molecule is CCN(CCNC)C(O)[N+](C)(C)C1CCC(CCN2CCN(c3nsc4ccccc34)CC2)CC1. The summed E-state index contributed by atoms with van der Waals surface area (Å²) >= 11 is 1.62. The van der Waals surface area contributed by atoms with E-state index in [0.29, 0.717) is 10.5 Å². The van der Waals surface area contributed by atoms with E-state index in [1.54, 1.807) is 11.5 Å². The van der Waals surface area contributed by atoms with Gasteiger partial charge in [0.15, 0.2) is 0 Å². The van der Waals surface area contributed by atoms with Gasteiger partial charge in [0.1, 0.15) is 5.82 Å². The Morgan fingerprint density at radius 2 is 1.86 bits per heavy atom. The van der Waals surface area contributed by atoms with Crippen molar-refractivity contribution in [2.45, 2.75) is 51.4 Å². The van der Waals surface area contributed by atoms with Gasteiger partial charge in [0, 0.05) is 51.2 Å². The lowest BCUT2D eigenvalue weighted by Crippen LogP contribution is -2.63. The lowest BCUT2D eigenvalue weighted by molar-refractivity contribution is -0.972. The highest BCUT2D eigenvalue weighted by Gasteiger charge is 2.40. The van der Waals surface area contributed by atoms with Crippen molar-refractivity contribution in [1.82, 2.24) is 19.5 Å². The van der Waals surface area contributed by atoms with Crippen molar-refractivity contribution in [2.75, 3.05) is 78.4 Å². The van der Waals surface area contributed by atoms with Gasteiger partial charge in [0.05, 0.1) is 24.8 Å². The van der Waals surface area contributed by atoms with Gasteiger partial charge < -0.3 is 15.3 Å². The summed E-state index contributed by atoms with van der Waals surface area (Å²) < 4.78 is 6.74. The van der Waals surface area contributed by atoms with Gasteiger partial charge in [-0.15, -0.1) is 0 Å². The molecular weight excluding hydrogens is 456 g/mol. The minimum absolute atomic E-state index is 0.430. The van der Waals surface area contributed by atoms with E-state index in [4.69, 9.17) is 4.37 Å². The summed E-state index contributed by atoms with van der Waals surface area (Å²) in [6.07, 6.45) is 5.93. The molecule has 0 spiro atoms. The number of nitrogens with one attached hydrogen (secondary N) is 1. The van der Waals surface area contributed by atoms with Crippen LogP contribution in [0.25, 0.3) is 10.1 Å². The molecular formula is C27H47N6OS+. The van der Waals surface area contributed by atoms with Crippen LogP contribution in [0.5, 0.6) is 0 Å². The zero-order valence-electron chi connectivity index (χ0n) is 22.3. The first-order chi connectivity index (χ1) is 16.9. The van der Waals surface area contributed by atoms with E-state index in [-0.39, 0.29) is 0 Å². The van der Waals surface area contributed by atoms with Crippen LogP contribution in [-0.2, 0) is 0 Å². The molecule has 2 aromatic rings. The van der Waals surface area contributed by atoms with Crippen LogP contribution >= 0.6 is 11.5 Å². The zero-order valence-corrected chi connectivity index (χ0v) is 23.1. The Hall–Kier alpha value is -1.29. The first kappa shape index (κ1) is 26.8. The highest BCUT2D eigenvalue weighted by atomic mass is 32.1. The molecule has 1 saturated heterocycles. The predicted molar refractivity (Wildman–Crippen MR) is 148 cm³/mol. The normalized spacial score (nSPS) is 23.3. The third-order valence-electron chi connectivity index (χ3n) is 8.62. The number of aliphatic hydroxyl groups excluding tert-OH is 1. The molecule has 1 saturated carbocycles. The third-order valence-corrected chi connectivity index (χ3v) is 9.44. The van der Waals surface area contributed by atoms with Gasteiger partial charge in [-0.2, -0.15) is 4.37 Å². The van der Waals surface area contributed by atoms with E-state index in [1.165, 1.54) is 54.6 Å². The molecule has 2 fully saturated rings. The van der Waals surface area contributed by atoms with Gasteiger partial charge in [0.2, 0.25) is 0 Å². The maximum absolute atomic E-state index is 11.2. The minimum Gasteiger partial charge on any atom is -0.353 e. The number of rotatable bonds is 11. The lowest BCUT2D eigenvalue weighted by atomic mass is 9.82. The molecule has 1 aromatic heterocycles. The number of nitrogens with zero attached hydrogens (tertiary/aromatic N) is 5. The van der Waals surface area contributed by atoms with E-state index in [9.17, 15) is 5.11 Å². The Kier molecular flexibility index (Phi) is 9.41. The topological polar surface area (TPSA) is 54.9 Å². The summed E-state index contributed by atoms with van der Waals surface area (Å²) in [6, 6.07) is 9.14. The van der Waals surface area contributed by atoms with Crippen molar-refractivity contribution in [3.05, 3.63) is 24.3 Å². The standard InChI is InChI=1S/C27H47N6OS/c1-5-31(17-15-28-2)27(34)33(3,4)23-12-10-22(11-13-23)14-16-30-18-20-32(21-19-30)26-24-8-6-7-9-25(24)35-29-26/h6-9,22-23,27-28,34H,5,10-21H2,1-4H3/q+1. The van der Waals surface area contributed by atoms with Gasteiger partial charge in [-0.05, 0) is 75.3 Å². The van der Waals surface area contributed by atoms with Gasteiger partial charge in [-0.25, -0.2) is 4.90 Å². The predicted octanol–water partition coefficient (Wildman–Crippen LogP) is 3.26. The molecule has 1 atom stereocenters. The number of hydrogen-bond acceptors (Lipinski definition) is 7. The van der Waals surface area contributed by atoms with Crippen molar-refractivity contribution >= 4 is 27.4 Å². The average molecular weight is 504 g/mol. The number of aromatic nitrogens is 1. The summed E-state index contributed by atoms with van der Waals surface area (Å²) in [5.41, 5.74) is 0. The largest absolute Gasteiger partial charge is 0.353 e. The first-order valence-corrected chi connectivity index (χ1v) is 14.4. The van der Waals surface area contributed by atoms with E-state index >= 15 is 0 Å². The molecule has 0 amide bonds. The van der Waals surface area contributed by atoms with Crippen molar-refractivity contribution in [3.63, 3.8) is 0 Å². The Morgan fingerprint density at radius 1 is 1.14 bits per heavy atom. The summed E-state index contributed by atoms with van der Waals surface area (Å²) in [6.45, 7) is 10.5. The van der Waals surface area contributed by atoms with Crippen LogP contribution in [0.2, 0.25) is 0 Å². The number of hydrogen-bond donors (Lipinski definition) is 2. The second-order valence-corrected chi connectivity index (χ2v) is 11.8. The first-order valence-electron chi connectivity index (χ1n) is 13.7. The molecule has 2 N–H and O–H groups in total. The van der Waals surface area contributed by atoms with Crippen LogP contribution in [-0.4, -0.2) is 110 Å². The fourth-order valence-electron chi connectivity index (χ4n) is 6.05. The average Bonchev–Trinajstić information content (AvgIpc) is 3.32. The molecule has 2 heterocycles. The Morgan fingerprint density at radius 3 is 2.54 bits per heavy atom. The molecule has 2 aliphatic rings. The summed E-state index contributed by atoms with van der Waals surface area (Å²) in [4.78, 5) is 7.33. The summed E-state index contributed by atoms with van der Waals surface area (Å²) in [7, 11) is 6.43. The molecule has 1 unspecified atom stereocenters. The number of likely N-dealkylation sites (N-methyl/N-ethyl adjacent to an activating group) is 2. The maximum Gasteiger partial charge on any atom is 0.253 e. The summed E-state index contributed by atoms with van der Waals surface area (Å²) in [5.74, 6) is 2.01. The van der Waals surface area contributed by atoms with Crippen molar-refractivity contribution < 1.29 is 9.59 Å². The quantitative estimate of drug-likeness (QED) is 0.363. The molecule has 0 bridgehead atoms. The molecule has 1 aliphatic heterocycles. The molecule has 35 heavy (non-hydrogen) atoms. The number of fused-ring (bicyclic) bond motifs is 1. The van der Waals surface area contributed by atoms with E-state index < -0.39 is 6.35 Å². The third kappa shape index (κ3) is 6.35. The second kappa shape index (κ2) is 12.3. The van der Waals surface area contributed by atoms with Gasteiger partial charge >= 0.3 is 0 Å². The Balaban J connectivity index is 1.19.